The summed E-state index contributed by atoms with van der Waals surface area (Å²) >= 11 is 0. The van der Waals surface area contributed by atoms with Gasteiger partial charge in [0, 0.05) is 13.1 Å². The fraction of sp³-hybridized carbons (Fsp3) is 0.765. The second-order valence-corrected chi connectivity index (χ2v) is 6.37. The van der Waals surface area contributed by atoms with Gasteiger partial charge in [-0.1, -0.05) is 38.8 Å². The van der Waals surface area contributed by atoms with Crippen LogP contribution in [0.1, 0.15) is 46.0 Å². The highest BCUT2D eigenvalue weighted by Crippen LogP contribution is 2.48. The van der Waals surface area contributed by atoms with Gasteiger partial charge in [0.1, 0.15) is 0 Å². The standard InChI is InChI=1S/C17H27NO3/c1-3-5-9-18(10-6-4-2)16(19)14-12-7-8-13(11-12)15(14)17(20)21/h7-8,12-15H,3-6,9-11H2,1-2H3,(H,20,21)/t12-,13+,14-,15+/m1/s1. The van der Waals surface area contributed by atoms with E-state index >= 15 is 0 Å². The molecule has 2 aliphatic carbocycles. The van der Waals surface area contributed by atoms with Gasteiger partial charge in [-0.3, -0.25) is 9.59 Å². The molecule has 1 fully saturated rings. The van der Waals surface area contributed by atoms with Crippen LogP contribution in [0.3, 0.4) is 0 Å². The molecule has 4 atom stereocenters. The zero-order valence-corrected chi connectivity index (χ0v) is 13.1. The van der Waals surface area contributed by atoms with Crippen LogP contribution in [-0.2, 0) is 9.59 Å². The zero-order chi connectivity index (χ0) is 15.4. The summed E-state index contributed by atoms with van der Waals surface area (Å²) in [5, 5.41) is 9.48. The number of amides is 1. The Balaban J connectivity index is 2.11. The lowest BCUT2D eigenvalue weighted by atomic mass is 9.82. The van der Waals surface area contributed by atoms with Gasteiger partial charge in [0.15, 0.2) is 0 Å². The Labute approximate surface area is 127 Å². The van der Waals surface area contributed by atoms with E-state index in [0.29, 0.717) is 0 Å². The summed E-state index contributed by atoms with van der Waals surface area (Å²) in [6.07, 6.45) is 8.97. The number of carbonyl (C=O) groups excluding carboxylic acids is 1. The molecular weight excluding hydrogens is 266 g/mol. The second kappa shape index (κ2) is 7.10. The van der Waals surface area contributed by atoms with Gasteiger partial charge in [-0.15, -0.1) is 0 Å². The van der Waals surface area contributed by atoms with E-state index in [0.717, 1.165) is 45.2 Å². The lowest BCUT2D eigenvalue weighted by Crippen LogP contribution is -2.43. The predicted molar refractivity (Wildman–Crippen MR) is 81.7 cm³/mol. The summed E-state index contributed by atoms with van der Waals surface area (Å²) < 4.78 is 0. The van der Waals surface area contributed by atoms with E-state index in [-0.39, 0.29) is 23.7 Å². The highest BCUT2D eigenvalue weighted by atomic mass is 16.4. The monoisotopic (exact) mass is 293 g/mol. The summed E-state index contributed by atoms with van der Waals surface area (Å²) in [7, 11) is 0. The molecule has 21 heavy (non-hydrogen) atoms. The SMILES string of the molecule is CCCCN(CCCC)C(=O)[C@H]1[C@@H](C(=O)O)[C@H]2C=C[C@@H]1C2. The number of carboxylic acids is 1. The largest absolute Gasteiger partial charge is 0.481 e. The molecule has 0 aliphatic heterocycles. The summed E-state index contributed by atoms with van der Waals surface area (Å²) in [5.41, 5.74) is 0. The summed E-state index contributed by atoms with van der Waals surface area (Å²) in [5.74, 6) is -1.41. The minimum absolute atomic E-state index is 0.0562. The van der Waals surface area contributed by atoms with Crippen molar-refractivity contribution >= 4 is 11.9 Å². The normalized spacial score (nSPS) is 29.8. The van der Waals surface area contributed by atoms with E-state index in [1.807, 2.05) is 11.0 Å². The summed E-state index contributed by atoms with van der Waals surface area (Å²) in [6.45, 7) is 5.75. The Bertz CT molecular complexity index is 410. The zero-order valence-electron chi connectivity index (χ0n) is 13.1. The first-order chi connectivity index (χ1) is 10.1. The molecule has 4 heteroatoms. The Morgan fingerprint density at radius 3 is 2.05 bits per heavy atom. The first-order valence-corrected chi connectivity index (χ1v) is 8.30. The van der Waals surface area contributed by atoms with Gasteiger partial charge in [-0.25, -0.2) is 0 Å². The van der Waals surface area contributed by atoms with Crippen LogP contribution < -0.4 is 0 Å². The van der Waals surface area contributed by atoms with Gasteiger partial charge < -0.3 is 10.0 Å². The molecule has 2 bridgehead atoms. The first kappa shape index (κ1) is 16.1. The Morgan fingerprint density at radius 1 is 1.05 bits per heavy atom. The van der Waals surface area contributed by atoms with Crippen LogP contribution in [0.5, 0.6) is 0 Å². The smallest absolute Gasteiger partial charge is 0.307 e. The van der Waals surface area contributed by atoms with E-state index in [9.17, 15) is 14.7 Å². The van der Waals surface area contributed by atoms with E-state index in [1.54, 1.807) is 0 Å². The van der Waals surface area contributed by atoms with Gasteiger partial charge in [-0.05, 0) is 31.1 Å². The second-order valence-electron chi connectivity index (χ2n) is 6.37. The number of hydrogen-bond donors (Lipinski definition) is 1. The fourth-order valence-electron chi connectivity index (χ4n) is 3.74. The molecule has 2 aliphatic rings. The van der Waals surface area contributed by atoms with Crippen molar-refractivity contribution in [1.29, 1.82) is 0 Å². The molecule has 1 amide bonds. The third-order valence-electron chi connectivity index (χ3n) is 4.90. The van der Waals surface area contributed by atoms with Crippen molar-refractivity contribution in [1.82, 2.24) is 4.90 Å². The van der Waals surface area contributed by atoms with E-state index in [4.69, 9.17) is 0 Å². The molecule has 0 aromatic carbocycles. The van der Waals surface area contributed by atoms with Gasteiger partial charge in [-0.2, -0.15) is 0 Å². The van der Waals surface area contributed by atoms with Crippen LogP contribution >= 0.6 is 0 Å². The summed E-state index contributed by atoms with van der Waals surface area (Å²) in [4.78, 5) is 26.4. The lowest BCUT2D eigenvalue weighted by Gasteiger charge is -2.31. The average Bonchev–Trinajstić information content (AvgIpc) is 3.07. The number of hydrogen-bond acceptors (Lipinski definition) is 2. The molecule has 0 aromatic rings. The van der Waals surface area contributed by atoms with Crippen LogP contribution in [0.2, 0.25) is 0 Å². The van der Waals surface area contributed by atoms with Crippen LogP contribution in [-0.4, -0.2) is 35.0 Å². The van der Waals surface area contributed by atoms with Gasteiger partial charge in [0.2, 0.25) is 5.91 Å². The number of unbranched alkanes of at least 4 members (excludes halogenated alkanes) is 2. The van der Waals surface area contributed by atoms with Gasteiger partial charge >= 0.3 is 5.97 Å². The fourth-order valence-corrected chi connectivity index (χ4v) is 3.74. The molecule has 0 spiro atoms. The number of rotatable bonds is 8. The molecule has 2 rings (SSSR count). The average molecular weight is 293 g/mol. The maximum absolute atomic E-state index is 12.9. The van der Waals surface area contributed by atoms with Crippen molar-refractivity contribution in [3.63, 3.8) is 0 Å². The number of carbonyl (C=O) groups is 2. The molecule has 118 valence electrons. The van der Waals surface area contributed by atoms with Crippen molar-refractivity contribution in [3.05, 3.63) is 12.2 Å². The van der Waals surface area contributed by atoms with E-state index in [1.165, 1.54) is 0 Å². The topological polar surface area (TPSA) is 57.6 Å². The first-order valence-electron chi connectivity index (χ1n) is 8.30. The van der Waals surface area contributed by atoms with Crippen molar-refractivity contribution in [2.45, 2.75) is 46.0 Å². The number of aliphatic carboxylic acids is 1. The Hall–Kier alpha value is -1.32. The van der Waals surface area contributed by atoms with Gasteiger partial charge in [0.05, 0.1) is 11.8 Å². The minimum Gasteiger partial charge on any atom is -0.481 e. The highest BCUT2D eigenvalue weighted by molar-refractivity contribution is 5.87. The maximum atomic E-state index is 12.9. The highest BCUT2D eigenvalue weighted by Gasteiger charge is 2.52. The van der Waals surface area contributed by atoms with Gasteiger partial charge in [0.25, 0.3) is 0 Å². The molecule has 4 nitrogen and oxygen atoms in total. The molecule has 1 N–H and O–H groups in total. The van der Waals surface area contributed by atoms with Crippen LogP contribution in [0, 0.1) is 23.7 Å². The number of allylic oxidation sites excluding steroid dienone is 2. The van der Waals surface area contributed by atoms with Crippen molar-refractivity contribution in [2.75, 3.05) is 13.1 Å². The predicted octanol–water partition coefficient (Wildman–Crippen LogP) is 2.94. The molecular formula is C17H27NO3. The molecule has 0 aromatic heterocycles. The lowest BCUT2D eigenvalue weighted by molar-refractivity contribution is -0.151. The molecule has 0 heterocycles. The quantitative estimate of drug-likeness (QED) is 0.700. The van der Waals surface area contributed by atoms with Crippen LogP contribution in [0.15, 0.2) is 12.2 Å². The third-order valence-corrected chi connectivity index (χ3v) is 4.90. The third kappa shape index (κ3) is 3.30. The van der Waals surface area contributed by atoms with E-state index in [2.05, 4.69) is 19.9 Å². The number of fused-ring (bicyclic) bond motifs is 2. The number of nitrogens with zero attached hydrogens (tertiary/aromatic N) is 1. The Kier molecular flexibility index (Phi) is 5.43. The minimum atomic E-state index is -0.809. The van der Waals surface area contributed by atoms with Crippen molar-refractivity contribution < 1.29 is 14.7 Å². The maximum Gasteiger partial charge on any atom is 0.307 e. The van der Waals surface area contributed by atoms with Crippen molar-refractivity contribution in [2.24, 2.45) is 23.7 Å². The van der Waals surface area contributed by atoms with E-state index < -0.39 is 11.9 Å². The molecule has 0 unspecified atom stereocenters. The Morgan fingerprint density at radius 2 is 1.57 bits per heavy atom. The molecule has 1 saturated carbocycles. The van der Waals surface area contributed by atoms with Crippen LogP contribution in [0.25, 0.3) is 0 Å². The van der Waals surface area contributed by atoms with Crippen LogP contribution in [0.4, 0.5) is 0 Å². The van der Waals surface area contributed by atoms with Crippen molar-refractivity contribution in [3.8, 4) is 0 Å². The molecule has 0 radical (unpaired) electrons. The summed E-state index contributed by atoms with van der Waals surface area (Å²) in [6, 6.07) is 0. The molecule has 0 saturated heterocycles. The number of carboxylic acid groups (broad SMARTS) is 1.